The fraction of sp³-hybridized carbons (Fsp3) is 0.933. The van der Waals surface area contributed by atoms with Crippen molar-refractivity contribution in [3.63, 3.8) is 0 Å². The Balaban J connectivity index is 4.64. The summed E-state index contributed by atoms with van der Waals surface area (Å²) in [6.07, 6.45) is 4.26. The van der Waals surface area contributed by atoms with Crippen LogP contribution in [0.4, 0.5) is 0 Å². The van der Waals surface area contributed by atoms with Crippen molar-refractivity contribution in [3.05, 3.63) is 0 Å². The van der Waals surface area contributed by atoms with Crippen LogP contribution in [0, 0.1) is 5.92 Å². The van der Waals surface area contributed by atoms with Gasteiger partial charge in [-0.3, -0.25) is 9.69 Å². The maximum atomic E-state index is 12.0. The summed E-state index contributed by atoms with van der Waals surface area (Å²) in [5, 5.41) is 0. The molecule has 3 heteroatoms. The smallest absolute Gasteiger partial charge is 0.323 e. The van der Waals surface area contributed by atoms with Crippen molar-refractivity contribution >= 4 is 5.97 Å². The van der Waals surface area contributed by atoms with Crippen LogP contribution in [0.3, 0.4) is 0 Å². The summed E-state index contributed by atoms with van der Waals surface area (Å²) in [6.45, 7) is 13.0. The lowest BCUT2D eigenvalue weighted by Gasteiger charge is -2.31. The van der Waals surface area contributed by atoms with Crippen LogP contribution in [0.2, 0.25) is 0 Å². The summed E-state index contributed by atoms with van der Waals surface area (Å²) in [5.74, 6) is 0.630. The number of hydrogen-bond acceptors (Lipinski definition) is 3. The number of hydrogen-bond donors (Lipinski definition) is 0. The summed E-state index contributed by atoms with van der Waals surface area (Å²) in [5.41, 5.74) is 0. The maximum absolute atomic E-state index is 12.0. The number of likely N-dealkylation sites (N-methyl/N-ethyl adjacent to an activating group) is 1. The lowest BCUT2D eigenvalue weighted by molar-refractivity contribution is -0.150. The van der Waals surface area contributed by atoms with E-state index < -0.39 is 0 Å². The molecule has 3 nitrogen and oxygen atoms in total. The molecule has 0 aliphatic heterocycles. The van der Waals surface area contributed by atoms with Crippen molar-refractivity contribution in [2.75, 3.05) is 19.7 Å². The lowest BCUT2D eigenvalue weighted by atomic mass is 10.0. The third-order valence-electron chi connectivity index (χ3n) is 3.62. The minimum Gasteiger partial charge on any atom is -0.465 e. The van der Waals surface area contributed by atoms with Gasteiger partial charge in [0.25, 0.3) is 0 Å². The molecule has 0 radical (unpaired) electrons. The monoisotopic (exact) mass is 257 g/mol. The third-order valence-corrected chi connectivity index (χ3v) is 3.62. The Morgan fingerprint density at radius 3 is 2.11 bits per heavy atom. The van der Waals surface area contributed by atoms with E-state index >= 15 is 0 Å². The summed E-state index contributed by atoms with van der Waals surface area (Å²) >= 11 is 0. The van der Waals surface area contributed by atoms with Gasteiger partial charge in [-0.25, -0.2) is 0 Å². The first-order valence-electron chi connectivity index (χ1n) is 7.54. The van der Waals surface area contributed by atoms with Gasteiger partial charge in [-0.15, -0.1) is 0 Å². The second kappa shape index (κ2) is 10.4. The van der Waals surface area contributed by atoms with Crippen molar-refractivity contribution < 1.29 is 9.53 Å². The molecule has 18 heavy (non-hydrogen) atoms. The molecule has 0 aliphatic carbocycles. The Bertz CT molecular complexity index is 215. The fourth-order valence-electron chi connectivity index (χ4n) is 2.32. The van der Waals surface area contributed by atoms with E-state index in [9.17, 15) is 4.79 Å². The van der Waals surface area contributed by atoms with E-state index in [2.05, 4.69) is 32.6 Å². The van der Waals surface area contributed by atoms with Crippen molar-refractivity contribution in [1.82, 2.24) is 4.90 Å². The van der Waals surface area contributed by atoms with E-state index in [-0.39, 0.29) is 12.0 Å². The second-order valence-corrected chi connectivity index (χ2v) is 4.83. The Kier molecular flexibility index (Phi) is 10.0. The van der Waals surface area contributed by atoms with E-state index in [1.807, 2.05) is 6.92 Å². The summed E-state index contributed by atoms with van der Waals surface area (Å²) in [6, 6.07) is -0.0550. The van der Waals surface area contributed by atoms with Gasteiger partial charge in [-0.2, -0.15) is 0 Å². The molecule has 1 unspecified atom stereocenters. The summed E-state index contributed by atoms with van der Waals surface area (Å²) < 4.78 is 5.21. The van der Waals surface area contributed by atoms with Gasteiger partial charge in [0.1, 0.15) is 6.04 Å². The highest BCUT2D eigenvalue weighted by Gasteiger charge is 2.26. The zero-order valence-electron chi connectivity index (χ0n) is 12.9. The van der Waals surface area contributed by atoms with Gasteiger partial charge >= 0.3 is 5.97 Å². The Hall–Kier alpha value is -0.570. The maximum Gasteiger partial charge on any atom is 0.323 e. The Morgan fingerprint density at radius 1 is 1.11 bits per heavy atom. The highest BCUT2D eigenvalue weighted by molar-refractivity contribution is 5.75. The van der Waals surface area contributed by atoms with Crippen LogP contribution >= 0.6 is 0 Å². The fourth-order valence-corrected chi connectivity index (χ4v) is 2.32. The minimum absolute atomic E-state index is 0.0489. The molecule has 1 atom stereocenters. The number of esters is 1. The molecule has 108 valence electrons. The second-order valence-electron chi connectivity index (χ2n) is 4.83. The average Bonchev–Trinajstić information content (AvgIpc) is 2.38. The number of ether oxygens (including phenoxy) is 1. The van der Waals surface area contributed by atoms with Gasteiger partial charge in [0.05, 0.1) is 6.61 Å². The van der Waals surface area contributed by atoms with E-state index in [0.717, 1.165) is 25.9 Å². The molecule has 0 rings (SSSR count). The zero-order chi connectivity index (χ0) is 14.0. The minimum atomic E-state index is -0.0550. The predicted octanol–water partition coefficient (Wildman–Crippen LogP) is 3.48. The molecule has 0 aromatic heterocycles. The first-order chi connectivity index (χ1) is 8.64. The topological polar surface area (TPSA) is 29.5 Å². The zero-order valence-corrected chi connectivity index (χ0v) is 12.9. The van der Waals surface area contributed by atoms with E-state index in [1.54, 1.807) is 0 Å². The normalized spacial score (nSPS) is 13.1. The first kappa shape index (κ1) is 17.4. The summed E-state index contributed by atoms with van der Waals surface area (Å²) in [7, 11) is 0. The quantitative estimate of drug-likeness (QED) is 0.561. The van der Waals surface area contributed by atoms with Crippen molar-refractivity contribution in [2.24, 2.45) is 5.92 Å². The Labute approximate surface area is 113 Å². The lowest BCUT2D eigenvalue weighted by Crippen LogP contribution is -2.44. The van der Waals surface area contributed by atoms with Gasteiger partial charge in [-0.05, 0) is 25.8 Å². The molecule has 0 N–H and O–H groups in total. The van der Waals surface area contributed by atoms with Crippen molar-refractivity contribution in [2.45, 2.75) is 66.3 Å². The number of nitrogens with zero attached hydrogens (tertiary/aromatic N) is 1. The number of carbonyl (C=O) groups is 1. The molecule has 0 aliphatic rings. The van der Waals surface area contributed by atoms with Crippen LogP contribution in [-0.2, 0) is 9.53 Å². The number of rotatable bonds is 10. The molecule has 0 spiro atoms. The van der Waals surface area contributed by atoms with Gasteiger partial charge in [0.15, 0.2) is 0 Å². The van der Waals surface area contributed by atoms with E-state index in [4.69, 9.17) is 4.74 Å². The molecule has 0 heterocycles. The molecular formula is C15H31NO2. The van der Waals surface area contributed by atoms with Crippen LogP contribution in [0.15, 0.2) is 0 Å². The summed E-state index contributed by atoms with van der Waals surface area (Å²) in [4.78, 5) is 14.3. The van der Waals surface area contributed by atoms with Crippen LogP contribution < -0.4 is 0 Å². The highest BCUT2D eigenvalue weighted by atomic mass is 16.5. The molecule has 0 aromatic rings. The molecular weight excluding hydrogens is 226 g/mol. The molecule has 0 bridgehead atoms. The van der Waals surface area contributed by atoms with Gasteiger partial charge < -0.3 is 4.74 Å². The van der Waals surface area contributed by atoms with E-state index in [0.29, 0.717) is 12.5 Å². The largest absolute Gasteiger partial charge is 0.465 e. The van der Waals surface area contributed by atoms with Crippen LogP contribution in [0.1, 0.15) is 60.3 Å². The SMILES string of the molecule is CCCC(C(=O)OCC)N(CC)CC(CC)CC. The van der Waals surface area contributed by atoms with E-state index in [1.165, 1.54) is 12.8 Å². The first-order valence-corrected chi connectivity index (χ1v) is 7.54. The van der Waals surface area contributed by atoms with Gasteiger partial charge in [0, 0.05) is 6.54 Å². The molecule has 0 fully saturated rings. The highest BCUT2D eigenvalue weighted by Crippen LogP contribution is 2.15. The van der Waals surface area contributed by atoms with Gasteiger partial charge in [-0.1, -0.05) is 47.0 Å². The standard InChI is InChI=1S/C15H31NO2/c1-6-11-14(15(17)18-10-5)16(9-4)12-13(7-2)8-3/h13-14H,6-12H2,1-5H3. The van der Waals surface area contributed by atoms with Gasteiger partial charge in [0.2, 0.25) is 0 Å². The average molecular weight is 257 g/mol. The van der Waals surface area contributed by atoms with Crippen molar-refractivity contribution in [1.29, 1.82) is 0 Å². The van der Waals surface area contributed by atoms with Crippen LogP contribution in [-0.4, -0.2) is 36.6 Å². The molecule has 0 aromatic carbocycles. The number of carbonyl (C=O) groups excluding carboxylic acids is 1. The predicted molar refractivity (Wildman–Crippen MR) is 76.6 cm³/mol. The Morgan fingerprint density at radius 2 is 1.72 bits per heavy atom. The van der Waals surface area contributed by atoms with Crippen molar-refractivity contribution in [3.8, 4) is 0 Å². The molecule has 0 saturated carbocycles. The molecule has 0 saturated heterocycles. The molecule has 0 amide bonds. The van der Waals surface area contributed by atoms with Crippen LogP contribution in [0.5, 0.6) is 0 Å². The third kappa shape index (κ3) is 5.85. The van der Waals surface area contributed by atoms with Crippen LogP contribution in [0.25, 0.3) is 0 Å².